The maximum absolute atomic E-state index is 12.6. The average Bonchev–Trinajstić information content (AvgIpc) is 2.06. The Balaban J connectivity index is 5.27. The second-order valence-electron chi connectivity index (χ2n) is 8.71. The van der Waals surface area contributed by atoms with Crippen LogP contribution in [0.15, 0.2) is 0 Å². The van der Waals surface area contributed by atoms with Crippen molar-refractivity contribution in [3.05, 3.63) is 0 Å². The summed E-state index contributed by atoms with van der Waals surface area (Å²) in [6, 6.07) is 0. The lowest BCUT2D eigenvalue weighted by Gasteiger charge is -2.36. The molecule has 0 aromatic rings. The normalized spacial score (nSPS) is 15.9. The van der Waals surface area contributed by atoms with E-state index in [1.807, 2.05) is 58.9 Å². The maximum atomic E-state index is 12.6. The second-order valence-corrected chi connectivity index (χ2v) is 22.0. The third kappa shape index (κ3) is 9.54. The van der Waals surface area contributed by atoms with Crippen LogP contribution in [0, 0.1) is 0 Å². The highest BCUT2D eigenvalue weighted by atomic mass is 28.4. The molecule has 0 amide bonds. The van der Waals surface area contributed by atoms with Crippen LogP contribution in [0.25, 0.3) is 0 Å². The molecule has 0 aliphatic carbocycles. The molecule has 0 spiro atoms. The standard InChI is InChI=1S/C14H32O5Si3/c1-14(19-22(8,9)10,13(16)18-21(5,6)7)11-12(15)17-20(2,3)4/h11H2,1-10H3/t14-/m1/s1. The van der Waals surface area contributed by atoms with Crippen molar-refractivity contribution < 1.29 is 22.9 Å². The Labute approximate surface area is 138 Å². The van der Waals surface area contributed by atoms with E-state index in [0.29, 0.717) is 0 Å². The lowest BCUT2D eigenvalue weighted by atomic mass is 10.0. The molecule has 0 rings (SSSR count). The van der Waals surface area contributed by atoms with E-state index in [4.69, 9.17) is 13.3 Å². The summed E-state index contributed by atoms with van der Waals surface area (Å²) in [6.45, 7) is 19.2. The minimum atomic E-state index is -2.06. The van der Waals surface area contributed by atoms with E-state index in [1.165, 1.54) is 0 Å². The van der Waals surface area contributed by atoms with Crippen LogP contribution >= 0.6 is 0 Å². The summed E-state index contributed by atoms with van der Waals surface area (Å²) in [6.07, 6.45) is -0.106. The van der Waals surface area contributed by atoms with Gasteiger partial charge >= 0.3 is 5.97 Å². The van der Waals surface area contributed by atoms with Gasteiger partial charge in [0.05, 0.1) is 6.42 Å². The lowest BCUT2D eigenvalue weighted by molar-refractivity contribution is -0.158. The van der Waals surface area contributed by atoms with Crippen LogP contribution in [0.3, 0.4) is 0 Å². The van der Waals surface area contributed by atoms with Crippen LogP contribution in [-0.2, 0) is 22.9 Å². The van der Waals surface area contributed by atoms with E-state index >= 15 is 0 Å². The van der Waals surface area contributed by atoms with Crippen molar-refractivity contribution in [2.75, 3.05) is 0 Å². The zero-order valence-corrected chi connectivity index (χ0v) is 18.7. The molecule has 130 valence electrons. The van der Waals surface area contributed by atoms with Gasteiger partial charge in [-0.15, -0.1) is 0 Å². The monoisotopic (exact) mass is 364 g/mol. The van der Waals surface area contributed by atoms with Crippen molar-refractivity contribution in [2.45, 2.75) is 77.9 Å². The highest BCUT2D eigenvalue weighted by molar-refractivity contribution is 6.72. The van der Waals surface area contributed by atoms with E-state index < -0.39 is 42.5 Å². The smallest absolute Gasteiger partial charge is 0.324 e. The molecule has 0 aromatic carbocycles. The minimum Gasteiger partial charge on any atom is -0.520 e. The Morgan fingerprint density at radius 1 is 0.773 bits per heavy atom. The van der Waals surface area contributed by atoms with Gasteiger partial charge in [-0.2, -0.15) is 0 Å². The van der Waals surface area contributed by atoms with Gasteiger partial charge in [0.2, 0.25) is 16.6 Å². The number of carbonyl (C=O) groups excluding carboxylic acids is 2. The first-order chi connectivity index (χ1) is 9.44. The molecule has 8 heteroatoms. The molecule has 5 nitrogen and oxygen atoms in total. The molecule has 0 fully saturated rings. The summed E-state index contributed by atoms with van der Waals surface area (Å²) < 4.78 is 17.1. The van der Waals surface area contributed by atoms with E-state index in [9.17, 15) is 9.59 Å². The maximum Gasteiger partial charge on any atom is 0.324 e. The number of rotatable bonds is 7. The molecule has 0 aromatic heterocycles. The third-order valence-corrected chi connectivity index (χ3v) is 4.96. The summed E-state index contributed by atoms with van der Waals surface area (Å²) in [5.41, 5.74) is -1.28. The first-order valence-electron chi connectivity index (χ1n) is 7.59. The second kappa shape index (κ2) is 6.98. The van der Waals surface area contributed by atoms with Crippen molar-refractivity contribution in [1.82, 2.24) is 0 Å². The predicted octanol–water partition coefficient (Wildman–Crippen LogP) is 3.74. The van der Waals surface area contributed by atoms with Crippen molar-refractivity contribution in [3.8, 4) is 0 Å². The van der Waals surface area contributed by atoms with Gasteiger partial charge in [-0.25, -0.2) is 0 Å². The molecule has 22 heavy (non-hydrogen) atoms. The summed E-state index contributed by atoms with van der Waals surface area (Å²) >= 11 is 0. The molecular weight excluding hydrogens is 332 g/mol. The fraction of sp³-hybridized carbons (Fsp3) is 0.857. The van der Waals surface area contributed by atoms with Gasteiger partial charge in [0.1, 0.15) is 0 Å². The highest BCUT2D eigenvalue weighted by Gasteiger charge is 2.44. The fourth-order valence-electron chi connectivity index (χ4n) is 1.86. The van der Waals surface area contributed by atoms with E-state index in [-0.39, 0.29) is 6.42 Å². The zero-order valence-electron chi connectivity index (χ0n) is 15.7. The van der Waals surface area contributed by atoms with E-state index in [0.717, 1.165) is 0 Å². The first kappa shape index (κ1) is 21.6. The number of hydrogen-bond acceptors (Lipinski definition) is 5. The molecule has 0 radical (unpaired) electrons. The largest absolute Gasteiger partial charge is 0.520 e. The summed E-state index contributed by atoms with van der Waals surface area (Å²) in [5, 5.41) is 0. The highest BCUT2D eigenvalue weighted by Crippen LogP contribution is 2.26. The Morgan fingerprint density at radius 3 is 1.50 bits per heavy atom. The molecule has 0 bridgehead atoms. The van der Waals surface area contributed by atoms with Gasteiger partial charge in [-0.05, 0) is 65.8 Å². The Morgan fingerprint density at radius 2 is 1.18 bits per heavy atom. The van der Waals surface area contributed by atoms with Crippen LogP contribution in [0.1, 0.15) is 13.3 Å². The molecule has 0 unspecified atom stereocenters. The molecule has 0 aliphatic heterocycles. The Bertz CT molecular complexity index is 418. The van der Waals surface area contributed by atoms with Crippen LogP contribution in [0.2, 0.25) is 58.9 Å². The molecule has 0 N–H and O–H groups in total. The van der Waals surface area contributed by atoms with Gasteiger partial charge < -0.3 is 13.3 Å². The first-order valence-corrected chi connectivity index (χ1v) is 17.8. The topological polar surface area (TPSA) is 61.8 Å². The summed E-state index contributed by atoms with van der Waals surface area (Å²) in [7, 11) is -6.10. The van der Waals surface area contributed by atoms with Gasteiger partial charge in [-0.3, -0.25) is 9.59 Å². The minimum absolute atomic E-state index is 0.106. The molecule has 1 atom stereocenters. The quantitative estimate of drug-likeness (QED) is 0.644. The molecule has 0 aliphatic rings. The van der Waals surface area contributed by atoms with Crippen molar-refractivity contribution in [3.63, 3.8) is 0 Å². The van der Waals surface area contributed by atoms with Crippen molar-refractivity contribution in [1.29, 1.82) is 0 Å². The lowest BCUT2D eigenvalue weighted by Crippen LogP contribution is -2.51. The Kier molecular flexibility index (Phi) is 6.84. The van der Waals surface area contributed by atoms with E-state index in [1.54, 1.807) is 6.92 Å². The van der Waals surface area contributed by atoms with Crippen LogP contribution in [0.4, 0.5) is 0 Å². The number of carbonyl (C=O) groups is 2. The van der Waals surface area contributed by atoms with E-state index in [2.05, 4.69) is 0 Å². The van der Waals surface area contributed by atoms with Crippen LogP contribution in [0.5, 0.6) is 0 Å². The molecule has 0 saturated carbocycles. The predicted molar refractivity (Wildman–Crippen MR) is 96.3 cm³/mol. The molecular formula is C14H32O5Si3. The van der Waals surface area contributed by atoms with Gasteiger partial charge in [0, 0.05) is 0 Å². The zero-order chi connectivity index (χ0) is 18.0. The average molecular weight is 365 g/mol. The number of hydrogen-bond donors (Lipinski definition) is 0. The van der Waals surface area contributed by atoms with Crippen molar-refractivity contribution in [2.24, 2.45) is 0 Å². The van der Waals surface area contributed by atoms with Crippen LogP contribution < -0.4 is 0 Å². The molecule has 0 saturated heterocycles. The summed E-state index contributed by atoms with van der Waals surface area (Å²) in [5.74, 6) is -0.853. The third-order valence-electron chi connectivity index (χ3n) is 2.26. The molecule has 0 heterocycles. The van der Waals surface area contributed by atoms with Crippen molar-refractivity contribution >= 4 is 36.9 Å². The fourth-order valence-corrected chi connectivity index (χ4v) is 4.90. The Hall–Kier alpha value is -0.449. The van der Waals surface area contributed by atoms with Gasteiger partial charge in [-0.1, -0.05) is 0 Å². The SMILES string of the molecule is C[C@](CC(=O)O[Si](C)(C)C)(O[Si](C)(C)C)C(=O)O[Si](C)(C)C. The van der Waals surface area contributed by atoms with Gasteiger partial charge in [0.25, 0.3) is 5.97 Å². The van der Waals surface area contributed by atoms with Gasteiger partial charge in [0.15, 0.2) is 13.9 Å². The summed E-state index contributed by atoms with van der Waals surface area (Å²) in [4.78, 5) is 24.8. The van der Waals surface area contributed by atoms with Crippen LogP contribution in [-0.4, -0.2) is 42.5 Å².